The van der Waals surface area contributed by atoms with Gasteiger partial charge in [-0.2, -0.15) is 0 Å². The lowest BCUT2D eigenvalue weighted by Gasteiger charge is -2.12. The molecule has 5 nitrogen and oxygen atoms in total. The van der Waals surface area contributed by atoms with Crippen molar-refractivity contribution in [1.29, 1.82) is 0 Å². The van der Waals surface area contributed by atoms with Gasteiger partial charge in [0.2, 0.25) is 5.78 Å². The van der Waals surface area contributed by atoms with Gasteiger partial charge in [0.1, 0.15) is 17.3 Å². The van der Waals surface area contributed by atoms with Gasteiger partial charge in [-0.3, -0.25) is 4.40 Å². The van der Waals surface area contributed by atoms with Gasteiger partial charge in [-0.05, 0) is 49.7 Å². The van der Waals surface area contributed by atoms with Crippen LogP contribution in [0.1, 0.15) is 11.1 Å². The number of rotatable bonds is 3. The molecule has 0 saturated heterocycles. The minimum Gasteiger partial charge on any atom is -0.507 e. The lowest BCUT2D eigenvalue weighted by atomic mass is 10.1. The number of nitrogens with one attached hydrogen (secondary N) is 1. The molecule has 0 aliphatic rings. The third-order valence-electron chi connectivity index (χ3n) is 4.25. The van der Waals surface area contributed by atoms with Crippen LogP contribution in [0.4, 0.5) is 11.5 Å². The second-order valence-corrected chi connectivity index (χ2v) is 7.12. The van der Waals surface area contributed by atoms with Crippen LogP contribution in [0.3, 0.4) is 0 Å². The number of phenols is 1. The Morgan fingerprint density at radius 2 is 1.96 bits per heavy atom. The topological polar surface area (TPSA) is 62.5 Å². The van der Waals surface area contributed by atoms with E-state index in [-0.39, 0.29) is 5.75 Å². The van der Waals surface area contributed by atoms with Crippen LogP contribution in [0.15, 0.2) is 59.3 Å². The summed E-state index contributed by atoms with van der Waals surface area (Å²) in [5, 5.41) is 13.8. The summed E-state index contributed by atoms with van der Waals surface area (Å²) in [5.41, 5.74) is 4.60. The highest BCUT2D eigenvalue weighted by Gasteiger charge is 2.18. The summed E-state index contributed by atoms with van der Waals surface area (Å²) in [6.45, 7) is 4.13. The Morgan fingerprint density at radius 3 is 2.77 bits per heavy atom. The number of hydrogen-bond donors (Lipinski definition) is 2. The summed E-state index contributed by atoms with van der Waals surface area (Å²) in [6, 6.07) is 13.4. The van der Waals surface area contributed by atoms with E-state index < -0.39 is 0 Å². The van der Waals surface area contributed by atoms with E-state index in [9.17, 15) is 5.11 Å². The van der Waals surface area contributed by atoms with E-state index in [0.29, 0.717) is 17.0 Å². The van der Waals surface area contributed by atoms with Gasteiger partial charge in [0, 0.05) is 28.1 Å². The highest BCUT2D eigenvalue weighted by molar-refractivity contribution is 9.10. The van der Waals surface area contributed by atoms with Gasteiger partial charge in [0.15, 0.2) is 0 Å². The largest absolute Gasteiger partial charge is 0.507 e. The van der Waals surface area contributed by atoms with Crippen molar-refractivity contribution in [3.63, 3.8) is 0 Å². The summed E-state index contributed by atoms with van der Waals surface area (Å²) in [4.78, 5) is 8.97. The highest BCUT2D eigenvalue weighted by Crippen LogP contribution is 2.37. The van der Waals surface area contributed by atoms with Gasteiger partial charge in [0.25, 0.3) is 0 Å². The third-order valence-corrected chi connectivity index (χ3v) is 4.75. The first-order valence-corrected chi connectivity index (χ1v) is 8.98. The number of aromatic hydroxyl groups is 1. The van der Waals surface area contributed by atoms with E-state index in [1.54, 1.807) is 18.3 Å². The highest BCUT2D eigenvalue weighted by atomic mass is 79.9. The maximum Gasteiger partial charge on any atom is 0.235 e. The Hall–Kier alpha value is -2.86. The number of imidazole rings is 1. The van der Waals surface area contributed by atoms with Crippen LogP contribution >= 0.6 is 15.9 Å². The first kappa shape index (κ1) is 16.6. The molecule has 6 heteroatoms. The third kappa shape index (κ3) is 2.93. The quantitative estimate of drug-likeness (QED) is 0.487. The fourth-order valence-corrected chi connectivity index (χ4v) is 3.34. The Morgan fingerprint density at radius 1 is 1.12 bits per heavy atom. The smallest absolute Gasteiger partial charge is 0.235 e. The Bertz CT molecular complexity index is 1120. The number of aryl methyl sites for hydroxylation is 2. The number of nitrogens with zero attached hydrogens (tertiary/aromatic N) is 3. The molecule has 0 aliphatic carbocycles. The standard InChI is InChI=1S/C20H17BrN4O/c1-12-4-6-16(13(2)10-12)23-19-18(15-11-14(21)5-7-17(15)26)24-20-22-8-3-9-25(19)20/h3-11,23,26H,1-2H3. The molecular weight excluding hydrogens is 392 g/mol. The van der Waals surface area contributed by atoms with Crippen LogP contribution in [-0.4, -0.2) is 19.5 Å². The molecule has 2 N–H and O–H groups in total. The fourth-order valence-electron chi connectivity index (χ4n) is 2.97. The Kier molecular flexibility index (Phi) is 4.12. The van der Waals surface area contributed by atoms with Gasteiger partial charge in [-0.1, -0.05) is 33.6 Å². The SMILES string of the molecule is Cc1ccc(Nc2c(-c3cc(Br)ccc3O)nc3ncccn23)c(C)c1. The van der Waals surface area contributed by atoms with Crippen LogP contribution in [0.2, 0.25) is 0 Å². The first-order chi connectivity index (χ1) is 12.5. The molecule has 4 aromatic rings. The molecule has 0 bridgehead atoms. The number of phenolic OH excluding ortho intramolecular Hbond substituents is 1. The molecule has 0 spiro atoms. The van der Waals surface area contributed by atoms with E-state index in [4.69, 9.17) is 0 Å². The van der Waals surface area contributed by atoms with Crippen LogP contribution < -0.4 is 5.32 Å². The van der Waals surface area contributed by atoms with Crippen LogP contribution in [0.25, 0.3) is 17.0 Å². The number of anilines is 2. The molecule has 26 heavy (non-hydrogen) atoms. The number of aromatic nitrogens is 3. The molecule has 4 rings (SSSR count). The Balaban J connectivity index is 1.93. The fraction of sp³-hybridized carbons (Fsp3) is 0.100. The zero-order chi connectivity index (χ0) is 18.3. The second kappa shape index (κ2) is 6.46. The zero-order valence-corrected chi connectivity index (χ0v) is 15.9. The van der Waals surface area contributed by atoms with Crippen LogP contribution in [0, 0.1) is 13.8 Å². The molecule has 0 radical (unpaired) electrons. The van der Waals surface area contributed by atoms with Crippen molar-refractivity contribution in [2.75, 3.05) is 5.32 Å². The van der Waals surface area contributed by atoms with Crippen LogP contribution in [0.5, 0.6) is 5.75 Å². The second-order valence-electron chi connectivity index (χ2n) is 6.20. The van der Waals surface area contributed by atoms with Gasteiger partial charge < -0.3 is 10.4 Å². The van der Waals surface area contributed by atoms with Crippen molar-refractivity contribution in [2.45, 2.75) is 13.8 Å². The van der Waals surface area contributed by atoms with E-state index in [1.165, 1.54) is 5.56 Å². The number of fused-ring (bicyclic) bond motifs is 1. The van der Waals surface area contributed by atoms with Gasteiger partial charge >= 0.3 is 0 Å². The zero-order valence-electron chi connectivity index (χ0n) is 14.4. The van der Waals surface area contributed by atoms with Gasteiger partial charge in [-0.15, -0.1) is 0 Å². The molecule has 0 aliphatic heterocycles. The average molecular weight is 409 g/mol. The lowest BCUT2D eigenvalue weighted by molar-refractivity contribution is 0.477. The molecule has 0 saturated carbocycles. The molecule has 0 amide bonds. The summed E-state index contributed by atoms with van der Waals surface area (Å²) >= 11 is 3.47. The molecule has 130 valence electrons. The summed E-state index contributed by atoms with van der Waals surface area (Å²) in [7, 11) is 0. The van der Waals surface area contributed by atoms with E-state index in [1.807, 2.05) is 28.8 Å². The predicted octanol–water partition coefficient (Wildman–Crippen LogP) is 5.22. The van der Waals surface area contributed by atoms with Crippen molar-refractivity contribution in [2.24, 2.45) is 0 Å². The van der Waals surface area contributed by atoms with Gasteiger partial charge in [0.05, 0.1) is 0 Å². The Labute approximate surface area is 159 Å². The normalized spacial score (nSPS) is 11.0. The molecular formula is C20H17BrN4O. The van der Waals surface area contributed by atoms with Crippen molar-refractivity contribution >= 4 is 33.2 Å². The monoisotopic (exact) mass is 408 g/mol. The summed E-state index contributed by atoms with van der Waals surface area (Å²) in [5.74, 6) is 1.49. The van der Waals surface area contributed by atoms with E-state index in [0.717, 1.165) is 21.5 Å². The maximum absolute atomic E-state index is 10.4. The van der Waals surface area contributed by atoms with E-state index in [2.05, 4.69) is 57.2 Å². The van der Waals surface area contributed by atoms with Crippen molar-refractivity contribution in [1.82, 2.24) is 14.4 Å². The summed E-state index contributed by atoms with van der Waals surface area (Å²) in [6.07, 6.45) is 3.60. The van der Waals surface area contributed by atoms with Crippen molar-refractivity contribution in [3.8, 4) is 17.0 Å². The average Bonchev–Trinajstić information content (AvgIpc) is 2.98. The van der Waals surface area contributed by atoms with Crippen molar-refractivity contribution < 1.29 is 5.11 Å². The molecule has 0 atom stereocenters. The van der Waals surface area contributed by atoms with Crippen molar-refractivity contribution in [3.05, 3.63) is 70.5 Å². The first-order valence-electron chi connectivity index (χ1n) is 8.19. The van der Waals surface area contributed by atoms with Crippen LogP contribution in [-0.2, 0) is 0 Å². The maximum atomic E-state index is 10.4. The lowest BCUT2D eigenvalue weighted by Crippen LogP contribution is -1.99. The minimum absolute atomic E-state index is 0.167. The number of hydrogen-bond acceptors (Lipinski definition) is 4. The minimum atomic E-state index is 0.167. The molecule has 2 heterocycles. The number of benzene rings is 2. The van der Waals surface area contributed by atoms with E-state index >= 15 is 0 Å². The molecule has 2 aromatic carbocycles. The predicted molar refractivity (Wildman–Crippen MR) is 107 cm³/mol. The number of halogens is 1. The molecule has 0 unspecified atom stereocenters. The summed E-state index contributed by atoms with van der Waals surface area (Å²) < 4.78 is 2.75. The van der Waals surface area contributed by atoms with Gasteiger partial charge in [-0.25, -0.2) is 9.97 Å². The molecule has 2 aromatic heterocycles. The molecule has 0 fully saturated rings.